The van der Waals surface area contributed by atoms with Gasteiger partial charge in [-0.2, -0.15) is 0 Å². The highest BCUT2D eigenvalue weighted by atomic mass is 31.2. The van der Waals surface area contributed by atoms with Gasteiger partial charge in [-0.25, -0.2) is 19.5 Å². The number of aliphatic hydroxyl groups is 2. The Bertz CT molecular complexity index is 1090. The van der Waals surface area contributed by atoms with Crippen LogP contribution < -0.4 is 5.73 Å². The monoisotopic (exact) mass is 423 g/mol. The minimum Gasteiger partial charge on any atom is -0.399 e. The maximum Gasteiger partial charge on any atom is 0.469 e. The van der Waals surface area contributed by atoms with Crippen LogP contribution in [-0.4, -0.2) is 64.4 Å². The van der Waals surface area contributed by atoms with E-state index in [-0.39, 0.29) is 0 Å². The molecule has 2 aromatic heterocycles. The predicted octanol–water partition coefficient (Wildman–Crippen LogP) is -0.196. The van der Waals surface area contributed by atoms with Crippen LogP contribution in [0.4, 0.5) is 5.69 Å². The lowest BCUT2D eigenvalue weighted by molar-refractivity contribution is -0.0504. The molecule has 12 nitrogen and oxygen atoms in total. The number of phosphoric ester groups is 1. The third-order valence-electron chi connectivity index (χ3n) is 4.54. The van der Waals surface area contributed by atoms with E-state index in [1.807, 2.05) is 6.07 Å². The van der Waals surface area contributed by atoms with Crippen LogP contribution in [0.3, 0.4) is 0 Å². The van der Waals surface area contributed by atoms with Gasteiger partial charge < -0.3 is 30.5 Å². The lowest BCUT2D eigenvalue weighted by Gasteiger charge is -2.16. The van der Waals surface area contributed by atoms with Gasteiger partial charge in [-0.3, -0.25) is 9.09 Å². The first-order valence-corrected chi connectivity index (χ1v) is 10.0. The van der Waals surface area contributed by atoms with E-state index >= 15 is 0 Å². The van der Waals surface area contributed by atoms with Gasteiger partial charge in [-0.05, 0) is 12.1 Å². The molecule has 0 bridgehead atoms. The fourth-order valence-electron chi connectivity index (χ4n) is 3.20. The summed E-state index contributed by atoms with van der Waals surface area (Å²) in [6, 6.07) is 7.07. The summed E-state index contributed by atoms with van der Waals surface area (Å²) in [5, 5.41) is 20.5. The molecule has 1 aliphatic rings. The lowest BCUT2D eigenvalue weighted by atomic mass is 10.1. The highest BCUT2D eigenvalue weighted by molar-refractivity contribution is 7.46. The lowest BCUT2D eigenvalue weighted by Crippen LogP contribution is -2.33. The van der Waals surface area contributed by atoms with Crippen molar-refractivity contribution < 1.29 is 33.8 Å². The van der Waals surface area contributed by atoms with Gasteiger partial charge in [0.1, 0.15) is 35.8 Å². The van der Waals surface area contributed by atoms with E-state index in [9.17, 15) is 14.8 Å². The van der Waals surface area contributed by atoms with Crippen LogP contribution in [0.2, 0.25) is 0 Å². The molecule has 1 aromatic carbocycles. The Kier molecular flexibility index (Phi) is 5.09. The largest absolute Gasteiger partial charge is 0.469 e. The van der Waals surface area contributed by atoms with Gasteiger partial charge in [0, 0.05) is 11.3 Å². The molecular weight excluding hydrogens is 405 g/mol. The number of rotatable bonds is 5. The van der Waals surface area contributed by atoms with Gasteiger partial charge >= 0.3 is 7.82 Å². The summed E-state index contributed by atoms with van der Waals surface area (Å²) in [5.74, 6) is 0. The zero-order valence-electron chi connectivity index (χ0n) is 14.8. The normalized spacial score (nSPS) is 25.0. The molecular formula is C16H18N5O7P. The van der Waals surface area contributed by atoms with Crippen molar-refractivity contribution in [1.82, 2.24) is 19.5 Å². The molecule has 1 fully saturated rings. The van der Waals surface area contributed by atoms with Gasteiger partial charge in [-0.1, -0.05) is 12.1 Å². The van der Waals surface area contributed by atoms with Crippen LogP contribution in [-0.2, 0) is 13.8 Å². The number of phosphoric acid groups is 1. The average Bonchev–Trinajstić information content (AvgIpc) is 3.21. The standard InChI is InChI=1S/C16H18N5O7P/c17-9-3-1-2-8(4-9)11-12-15(19-6-18-11)21(7-20-12)16-14(23)13(22)10(28-16)5-27-29(24,25)26/h1-4,6-7,10,13-14,16,22-23H,5,17H2,(H2,24,25,26)/t10-,13-,14-,16-/m1/s1. The molecule has 13 heteroatoms. The Hall–Kier alpha value is -2.44. The van der Waals surface area contributed by atoms with Crippen molar-refractivity contribution in [2.24, 2.45) is 0 Å². The maximum atomic E-state index is 10.9. The van der Waals surface area contributed by atoms with Gasteiger partial charge in [-0.15, -0.1) is 0 Å². The summed E-state index contributed by atoms with van der Waals surface area (Å²) < 4.78 is 22.3. The highest BCUT2D eigenvalue weighted by Crippen LogP contribution is 2.39. The summed E-state index contributed by atoms with van der Waals surface area (Å²) in [5.41, 5.74) is 8.41. The minimum absolute atomic E-state index is 0.338. The van der Waals surface area contributed by atoms with E-state index in [2.05, 4.69) is 19.5 Å². The smallest absolute Gasteiger partial charge is 0.399 e. The first kappa shape index (κ1) is 19.9. The van der Waals surface area contributed by atoms with E-state index < -0.39 is 39.0 Å². The average molecular weight is 423 g/mol. The Morgan fingerprint density at radius 2 is 2.00 bits per heavy atom. The zero-order valence-corrected chi connectivity index (χ0v) is 15.7. The third-order valence-corrected chi connectivity index (χ3v) is 5.02. The molecule has 0 unspecified atom stereocenters. The number of ether oxygens (including phenoxy) is 1. The number of fused-ring (bicyclic) bond motifs is 1. The molecule has 154 valence electrons. The Labute approximate surface area is 163 Å². The van der Waals surface area contributed by atoms with Crippen LogP contribution in [0.1, 0.15) is 6.23 Å². The number of anilines is 1. The van der Waals surface area contributed by atoms with Crippen molar-refractivity contribution >= 4 is 24.7 Å². The van der Waals surface area contributed by atoms with E-state index in [0.717, 1.165) is 5.56 Å². The molecule has 6 N–H and O–H groups in total. The Balaban J connectivity index is 1.67. The summed E-state index contributed by atoms with van der Waals surface area (Å²) in [6.07, 6.45) is -2.38. The topological polar surface area (TPSA) is 186 Å². The van der Waals surface area contributed by atoms with Crippen molar-refractivity contribution in [3.63, 3.8) is 0 Å². The molecule has 1 aliphatic heterocycles. The molecule has 4 atom stereocenters. The summed E-state index contributed by atoms with van der Waals surface area (Å²) in [7, 11) is -4.75. The van der Waals surface area contributed by atoms with Crippen molar-refractivity contribution in [2.75, 3.05) is 12.3 Å². The first-order valence-electron chi connectivity index (χ1n) is 8.50. The van der Waals surface area contributed by atoms with Crippen LogP contribution in [0.5, 0.6) is 0 Å². The second kappa shape index (κ2) is 7.43. The number of aromatic nitrogens is 4. The number of nitrogen functional groups attached to an aromatic ring is 1. The second-order valence-electron chi connectivity index (χ2n) is 6.50. The van der Waals surface area contributed by atoms with Crippen LogP contribution in [0, 0.1) is 0 Å². The Morgan fingerprint density at radius 3 is 2.72 bits per heavy atom. The van der Waals surface area contributed by atoms with Gasteiger partial charge in [0.25, 0.3) is 0 Å². The van der Waals surface area contributed by atoms with Crippen LogP contribution >= 0.6 is 7.82 Å². The van der Waals surface area contributed by atoms with E-state index in [4.69, 9.17) is 20.3 Å². The van der Waals surface area contributed by atoms with Crippen LogP contribution in [0.15, 0.2) is 36.9 Å². The molecule has 3 heterocycles. The van der Waals surface area contributed by atoms with Crippen molar-refractivity contribution in [2.45, 2.75) is 24.5 Å². The van der Waals surface area contributed by atoms with E-state index in [1.165, 1.54) is 17.2 Å². The molecule has 0 spiro atoms. The SMILES string of the molecule is Nc1cccc(-c2ncnc3c2ncn3[C@@H]2O[C@H](COP(=O)(O)O)[C@@H](O)[C@H]2O)c1. The summed E-state index contributed by atoms with van der Waals surface area (Å²) in [4.78, 5) is 30.4. The molecule has 1 saturated heterocycles. The number of benzene rings is 1. The first-order chi connectivity index (χ1) is 13.7. The molecule has 0 radical (unpaired) electrons. The highest BCUT2D eigenvalue weighted by Gasteiger charge is 2.45. The number of aliphatic hydroxyl groups excluding tert-OH is 2. The minimum atomic E-state index is -4.75. The van der Waals surface area contributed by atoms with Crippen molar-refractivity contribution in [1.29, 1.82) is 0 Å². The predicted molar refractivity (Wildman–Crippen MR) is 99.1 cm³/mol. The molecule has 0 amide bonds. The van der Waals surface area contributed by atoms with E-state index in [0.29, 0.717) is 22.5 Å². The second-order valence-corrected chi connectivity index (χ2v) is 7.74. The zero-order chi connectivity index (χ0) is 20.8. The fraction of sp³-hybridized carbons (Fsp3) is 0.312. The number of nitrogens with two attached hydrogens (primary N) is 1. The molecule has 0 saturated carbocycles. The quantitative estimate of drug-likeness (QED) is 0.270. The van der Waals surface area contributed by atoms with E-state index in [1.54, 1.807) is 18.2 Å². The molecule has 3 aromatic rings. The number of nitrogens with zero attached hydrogens (tertiary/aromatic N) is 4. The fourth-order valence-corrected chi connectivity index (χ4v) is 3.54. The van der Waals surface area contributed by atoms with Crippen molar-refractivity contribution in [3.8, 4) is 11.3 Å². The summed E-state index contributed by atoms with van der Waals surface area (Å²) in [6.45, 7) is -0.602. The van der Waals surface area contributed by atoms with Crippen LogP contribution in [0.25, 0.3) is 22.4 Å². The molecule has 29 heavy (non-hydrogen) atoms. The van der Waals surface area contributed by atoms with Gasteiger partial charge in [0.2, 0.25) is 0 Å². The van der Waals surface area contributed by atoms with Crippen molar-refractivity contribution in [3.05, 3.63) is 36.9 Å². The van der Waals surface area contributed by atoms with Gasteiger partial charge in [0.05, 0.1) is 12.9 Å². The summed E-state index contributed by atoms with van der Waals surface area (Å²) >= 11 is 0. The number of hydrogen-bond donors (Lipinski definition) is 5. The molecule has 0 aliphatic carbocycles. The molecule has 4 rings (SSSR count). The number of hydrogen-bond acceptors (Lipinski definition) is 9. The number of imidazole rings is 1. The Morgan fingerprint density at radius 1 is 1.21 bits per heavy atom. The van der Waals surface area contributed by atoms with Gasteiger partial charge in [0.15, 0.2) is 11.9 Å². The third kappa shape index (κ3) is 3.87. The maximum absolute atomic E-state index is 10.9.